The lowest BCUT2D eigenvalue weighted by molar-refractivity contribution is -0.527. The number of rotatable bonds is 6. The van der Waals surface area contributed by atoms with E-state index in [1.54, 1.807) is 0 Å². The van der Waals surface area contributed by atoms with Gasteiger partial charge in [0.15, 0.2) is 11.6 Å². The summed E-state index contributed by atoms with van der Waals surface area (Å²) in [6, 6.07) is 2.11. The lowest BCUT2D eigenvalue weighted by atomic mass is 9.81. The summed E-state index contributed by atoms with van der Waals surface area (Å²) in [7, 11) is 0. The average molecular weight is 418 g/mol. The van der Waals surface area contributed by atoms with Crippen molar-refractivity contribution in [3.05, 3.63) is 45.5 Å². The largest absolute Gasteiger partial charge is 0.462 e. The standard InChI is InChI=1S/C14H18F2N2O4.C5H10O2/c15-12-2-1-8(3-13(12)16)11-5-9(4-10(20)7-19)17-6-14(11)18(21)22;1-5(2,3)7-4-6/h1-3,9-11,14,17,19-20H,4-7H2;4H,1-3H3/t9?,10?,11-,14+;/m0./s1. The molecule has 1 aliphatic heterocycles. The van der Waals surface area contributed by atoms with Crippen LogP contribution in [0.15, 0.2) is 18.2 Å². The SMILES string of the molecule is CC(C)(C)OC=O.O=[N+]([O-])[C@@H]1CNC(CC(O)CO)C[C@H]1c1ccc(F)c(F)c1. The summed E-state index contributed by atoms with van der Waals surface area (Å²) in [5.74, 6) is -2.62. The van der Waals surface area contributed by atoms with Crippen LogP contribution in [0, 0.1) is 21.7 Å². The molecular weight excluding hydrogens is 390 g/mol. The Morgan fingerprint density at radius 2 is 2.03 bits per heavy atom. The van der Waals surface area contributed by atoms with Gasteiger partial charge in [-0.3, -0.25) is 14.9 Å². The van der Waals surface area contributed by atoms with Gasteiger partial charge in [0.2, 0.25) is 6.04 Å². The van der Waals surface area contributed by atoms with Crippen LogP contribution in [0.1, 0.15) is 45.1 Å². The highest BCUT2D eigenvalue weighted by molar-refractivity contribution is 5.37. The third-order valence-electron chi connectivity index (χ3n) is 4.43. The number of aliphatic hydroxyl groups is 2. The first-order valence-corrected chi connectivity index (χ1v) is 9.20. The molecule has 10 heteroatoms. The molecule has 4 atom stereocenters. The summed E-state index contributed by atoms with van der Waals surface area (Å²) < 4.78 is 31.0. The van der Waals surface area contributed by atoms with Crippen molar-refractivity contribution < 1.29 is 33.4 Å². The maximum absolute atomic E-state index is 13.4. The van der Waals surface area contributed by atoms with Gasteiger partial charge in [0.25, 0.3) is 6.47 Å². The number of halogens is 2. The Labute approximate surface area is 168 Å². The maximum Gasteiger partial charge on any atom is 0.293 e. The van der Waals surface area contributed by atoms with E-state index < -0.39 is 41.2 Å². The Balaban J connectivity index is 0.000000516. The van der Waals surface area contributed by atoms with Gasteiger partial charge in [-0.15, -0.1) is 0 Å². The molecule has 1 saturated heterocycles. The average Bonchev–Trinajstić information content (AvgIpc) is 2.63. The number of hydrogen-bond acceptors (Lipinski definition) is 7. The molecule has 1 aromatic carbocycles. The zero-order valence-electron chi connectivity index (χ0n) is 16.7. The third-order valence-corrected chi connectivity index (χ3v) is 4.43. The van der Waals surface area contributed by atoms with Crippen LogP contribution < -0.4 is 5.32 Å². The number of piperidine rings is 1. The monoisotopic (exact) mass is 418 g/mol. The topological polar surface area (TPSA) is 122 Å². The molecule has 0 saturated carbocycles. The van der Waals surface area contributed by atoms with Gasteiger partial charge in [0.1, 0.15) is 5.60 Å². The number of benzene rings is 1. The Morgan fingerprint density at radius 1 is 1.38 bits per heavy atom. The number of nitrogens with one attached hydrogen (secondary N) is 1. The first kappa shape index (κ1) is 24.9. The second-order valence-corrected chi connectivity index (χ2v) is 7.87. The molecule has 1 aliphatic rings. The lowest BCUT2D eigenvalue weighted by Gasteiger charge is -2.33. The number of aliphatic hydroxyl groups excluding tert-OH is 2. The summed E-state index contributed by atoms with van der Waals surface area (Å²) in [4.78, 5) is 20.3. The molecule has 0 spiro atoms. The molecule has 1 heterocycles. The molecule has 29 heavy (non-hydrogen) atoms. The molecule has 0 aliphatic carbocycles. The zero-order valence-corrected chi connectivity index (χ0v) is 16.7. The van der Waals surface area contributed by atoms with Crippen LogP contribution in [0.25, 0.3) is 0 Å². The van der Waals surface area contributed by atoms with E-state index in [-0.39, 0.29) is 24.6 Å². The highest BCUT2D eigenvalue weighted by atomic mass is 19.2. The Bertz CT molecular complexity index is 683. The van der Waals surface area contributed by atoms with Crippen molar-refractivity contribution in [1.29, 1.82) is 0 Å². The summed E-state index contributed by atoms with van der Waals surface area (Å²) in [5, 5.41) is 32.5. The van der Waals surface area contributed by atoms with Crippen LogP contribution in [-0.2, 0) is 9.53 Å². The molecule has 0 radical (unpaired) electrons. The van der Waals surface area contributed by atoms with Gasteiger partial charge in [0, 0.05) is 11.0 Å². The molecular formula is C19H28F2N2O6. The molecule has 1 fully saturated rings. The summed E-state index contributed by atoms with van der Waals surface area (Å²) in [6.45, 7) is 5.59. The molecule has 0 aromatic heterocycles. The van der Waals surface area contributed by atoms with Gasteiger partial charge in [-0.25, -0.2) is 8.78 Å². The summed E-state index contributed by atoms with van der Waals surface area (Å²) >= 11 is 0. The Kier molecular flexibility index (Phi) is 9.54. The van der Waals surface area contributed by atoms with Crippen LogP contribution in [0.5, 0.6) is 0 Å². The number of hydrogen-bond donors (Lipinski definition) is 3. The van der Waals surface area contributed by atoms with Gasteiger partial charge in [-0.05, 0) is 51.3 Å². The fourth-order valence-electron chi connectivity index (χ4n) is 3.03. The minimum atomic E-state index is -1.04. The highest BCUT2D eigenvalue weighted by Gasteiger charge is 2.39. The van der Waals surface area contributed by atoms with E-state index in [1.165, 1.54) is 6.07 Å². The smallest absolute Gasteiger partial charge is 0.293 e. The van der Waals surface area contributed by atoms with Crippen molar-refractivity contribution in [2.45, 2.75) is 63.3 Å². The van der Waals surface area contributed by atoms with E-state index in [9.17, 15) is 28.8 Å². The first-order valence-electron chi connectivity index (χ1n) is 9.20. The van der Waals surface area contributed by atoms with Crippen LogP contribution >= 0.6 is 0 Å². The van der Waals surface area contributed by atoms with Crippen LogP contribution in [0.4, 0.5) is 8.78 Å². The minimum absolute atomic E-state index is 0.0689. The van der Waals surface area contributed by atoms with E-state index in [0.29, 0.717) is 18.5 Å². The highest BCUT2D eigenvalue weighted by Crippen LogP contribution is 2.31. The van der Waals surface area contributed by atoms with Crippen molar-refractivity contribution in [3.8, 4) is 0 Å². The predicted molar refractivity (Wildman–Crippen MR) is 101 cm³/mol. The van der Waals surface area contributed by atoms with Crippen molar-refractivity contribution >= 4 is 6.47 Å². The zero-order chi connectivity index (χ0) is 22.2. The summed E-state index contributed by atoms with van der Waals surface area (Å²) in [6.07, 6.45) is -0.384. The molecule has 1 aromatic rings. The molecule has 3 N–H and O–H groups in total. The fraction of sp³-hybridized carbons (Fsp3) is 0.632. The number of carbonyl (C=O) groups excluding carboxylic acids is 1. The summed E-state index contributed by atoms with van der Waals surface area (Å²) in [5.41, 5.74) is 0.0486. The second-order valence-electron chi connectivity index (χ2n) is 7.87. The first-order chi connectivity index (χ1) is 13.5. The maximum atomic E-state index is 13.4. The van der Waals surface area contributed by atoms with E-state index in [0.717, 1.165) is 12.1 Å². The Hall–Kier alpha value is -2.17. The fourth-order valence-corrected chi connectivity index (χ4v) is 3.03. The second kappa shape index (κ2) is 11.1. The van der Waals surface area contributed by atoms with E-state index in [1.807, 2.05) is 20.8 Å². The van der Waals surface area contributed by atoms with Crippen LogP contribution in [0.3, 0.4) is 0 Å². The molecule has 164 valence electrons. The van der Waals surface area contributed by atoms with Gasteiger partial charge in [0.05, 0.1) is 25.2 Å². The van der Waals surface area contributed by atoms with E-state index in [2.05, 4.69) is 10.1 Å². The third kappa shape index (κ3) is 8.38. The van der Waals surface area contributed by atoms with E-state index in [4.69, 9.17) is 5.11 Å². The molecule has 8 nitrogen and oxygen atoms in total. The van der Waals surface area contributed by atoms with Gasteiger partial charge < -0.3 is 20.3 Å². The number of carbonyl (C=O) groups is 1. The van der Waals surface area contributed by atoms with Crippen LogP contribution in [0.2, 0.25) is 0 Å². The van der Waals surface area contributed by atoms with Gasteiger partial charge in [-0.1, -0.05) is 6.07 Å². The van der Waals surface area contributed by atoms with E-state index >= 15 is 0 Å². The van der Waals surface area contributed by atoms with Gasteiger partial charge in [-0.2, -0.15) is 0 Å². The number of ether oxygens (including phenoxy) is 1. The quantitative estimate of drug-likeness (QED) is 0.366. The number of nitrogens with zero attached hydrogens (tertiary/aromatic N) is 1. The number of nitro groups is 1. The molecule has 2 rings (SSSR count). The molecule has 0 bridgehead atoms. The van der Waals surface area contributed by atoms with Gasteiger partial charge >= 0.3 is 0 Å². The molecule has 2 unspecified atom stereocenters. The lowest BCUT2D eigenvalue weighted by Crippen LogP contribution is -2.50. The van der Waals surface area contributed by atoms with Crippen molar-refractivity contribution in [1.82, 2.24) is 5.32 Å². The van der Waals surface area contributed by atoms with Crippen molar-refractivity contribution in [3.63, 3.8) is 0 Å². The minimum Gasteiger partial charge on any atom is -0.462 e. The molecule has 0 amide bonds. The predicted octanol–water partition coefficient (Wildman–Crippen LogP) is 1.76. The van der Waals surface area contributed by atoms with Crippen molar-refractivity contribution in [2.75, 3.05) is 13.2 Å². The Morgan fingerprint density at radius 3 is 2.48 bits per heavy atom. The normalized spacial score (nSPS) is 22.8. The van der Waals surface area contributed by atoms with Crippen LogP contribution in [-0.4, -0.2) is 58.5 Å². The van der Waals surface area contributed by atoms with Crippen molar-refractivity contribution in [2.24, 2.45) is 0 Å².